The van der Waals surface area contributed by atoms with Gasteiger partial charge in [0.15, 0.2) is 0 Å². The van der Waals surface area contributed by atoms with Crippen LogP contribution >= 0.6 is 21.6 Å². The lowest BCUT2D eigenvalue weighted by molar-refractivity contribution is -0.143. The van der Waals surface area contributed by atoms with Crippen molar-refractivity contribution >= 4 is 126 Å². The van der Waals surface area contributed by atoms with Crippen LogP contribution in [0.25, 0.3) is 21.8 Å². The number of fused-ring (bicyclic) bond motifs is 3. The van der Waals surface area contributed by atoms with Crippen molar-refractivity contribution in [3.05, 3.63) is 120 Å². The van der Waals surface area contributed by atoms with Crippen LogP contribution in [0.5, 0.6) is 5.75 Å². The minimum Gasteiger partial charge on any atom is -0.508 e. The Morgan fingerprint density at radius 2 is 1.15 bits per heavy atom. The van der Waals surface area contributed by atoms with E-state index in [0.29, 0.717) is 42.5 Å². The van der Waals surface area contributed by atoms with Crippen molar-refractivity contribution in [2.75, 3.05) is 24.6 Å². The van der Waals surface area contributed by atoms with Crippen LogP contribution in [0.1, 0.15) is 135 Å². The van der Waals surface area contributed by atoms with Crippen molar-refractivity contribution in [3.63, 3.8) is 0 Å². The number of carbonyl (C=O) groups is 14. The number of primary amides is 1. The van der Waals surface area contributed by atoms with Gasteiger partial charge in [-0.2, -0.15) is 0 Å². The van der Waals surface area contributed by atoms with Crippen LogP contribution in [-0.2, 0) is 92.8 Å². The predicted octanol–water partition coefficient (Wildman–Crippen LogP) is 1.55. The summed E-state index contributed by atoms with van der Waals surface area (Å²) in [5, 5.41) is 48.8. The first-order valence-electron chi connectivity index (χ1n) is 39.0. The van der Waals surface area contributed by atoms with Crippen molar-refractivity contribution in [1.29, 1.82) is 0 Å². The largest absolute Gasteiger partial charge is 0.508 e. The summed E-state index contributed by atoms with van der Waals surface area (Å²) in [5.41, 5.74) is 16.1. The third kappa shape index (κ3) is 24.8. The number of imidazole rings is 1. The molecule has 13 amide bonds. The van der Waals surface area contributed by atoms with Gasteiger partial charge in [-0.05, 0) is 118 Å². The molecule has 3 saturated heterocycles. The zero-order chi connectivity index (χ0) is 83.2. The fourth-order valence-corrected chi connectivity index (χ4v) is 16.6. The van der Waals surface area contributed by atoms with Crippen LogP contribution < -0.4 is 64.6 Å². The van der Waals surface area contributed by atoms with Crippen LogP contribution in [-0.4, -0.2) is 226 Å². The van der Waals surface area contributed by atoms with E-state index in [4.69, 9.17) is 11.5 Å². The molecule has 0 saturated carbocycles. The number of nitrogens with zero attached hydrogens (tertiary/aromatic N) is 3. The molecule has 3 aliphatic rings. The van der Waals surface area contributed by atoms with Gasteiger partial charge in [-0.15, -0.1) is 0 Å². The minimum absolute atomic E-state index is 0.0251. The van der Waals surface area contributed by atoms with Crippen LogP contribution in [0.3, 0.4) is 0 Å². The van der Waals surface area contributed by atoms with Crippen LogP contribution in [0.2, 0.25) is 0 Å². The van der Waals surface area contributed by atoms with E-state index in [1.807, 2.05) is 49.4 Å². The van der Waals surface area contributed by atoms with E-state index < -0.39 is 168 Å². The second-order valence-corrected chi connectivity index (χ2v) is 32.9. The summed E-state index contributed by atoms with van der Waals surface area (Å²) in [6.07, 6.45) is 7.47. The number of carboxylic acids is 1. The Labute approximate surface area is 673 Å². The molecule has 3 fully saturated rings. The second kappa shape index (κ2) is 41.9. The number of hydrogen-bond donors (Lipinski definition) is 17. The SMILES string of the molecule is CCCC[C@H](NC(=O)[C@@H]1CCCN1C(=O)[C@@H]1CSSC[C@H](NC(=O)[C@H](CC(C)C)NC(=O)[C@H](CCC(N)=O)NC(=O)[C@H](CC(C)C)NC(=O)[C@H](Cc2c[nH]c3ccccc23)NC(=O)[C@H](Cc2cnc[nH]2)NC(=O)[C@@H](N)Cc2c[nH]c3ccccc23)C(=O)N2CCC[C@H]2C(=O)N[C@@H](C)C(=O)N1)C(=O)N[C@@H](Cc1ccc(O)cc1)C(=O)O. The zero-order valence-corrected chi connectivity index (χ0v) is 66.9. The van der Waals surface area contributed by atoms with Gasteiger partial charge in [0.05, 0.1) is 12.4 Å². The first kappa shape index (κ1) is 87.9. The number of likely N-dealkylation sites (tertiary alicyclic amines) is 1. The number of aromatic amines is 3. The molecule has 6 heterocycles. The monoisotopic (exact) mass is 1630 g/mol. The van der Waals surface area contributed by atoms with E-state index in [-0.39, 0.29) is 106 Å². The highest BCUT2D eigenvalue weighted by molar-refractivity contribution is 8.76. The van der Waals surface area contributed by atoms with Gasteiger partial charge in [0, 0.05) is 96.4 Å². The fraction of sp³-hybridized carbons (Fsp3) is 0.506. The molecule has 0 bridgehead atoms. The summed E-state index contributed by atoms with van der Waals surface area (Å²) in [6, 6.07) is 3.48. The zero-order valence-electron chi connectivity index (χ0n) is 65.3. The standard InChI is InChI=1S/C79H106N18O16S2/c1-7-8-17-55(69(102)93-61(79(112)113)32-45-22-24-49(98)25-23-45)88-76(109)65-21-14-29-97(65)77(110)62-39-114-115-40-63(78(111)96-28-13-20-64(96)75(108)86-44(6)67(100)94-62)95-72(105)58(31-43(4)5)90-70(103)56(26-27-66(81)99)87-71(104)57(30-42(2)3)91-73(106)59(34-47-37-84-54-19-12-10-16-51(47)54)92-74(107)60(35-48-38-82-41-85-48)89-68(101)52(80)33-46-36-83-53-18-11-9-15-50(46)53/h9-12,15-16,18-19,22-25,36-38,41-44,52,55-65,83-84,98H,7-8,13-14,17,20-21,26-35,39-40,80H2,1-6H3,(H2,81,99)(H,82,85)(H,86,108)(H,87,104)(H,88,109)(H,89,101)(H,90,103)(H,91,106)(H,92,107)(H,93,102)(H,94,100)(H,95,105)(H,112,113)/t44-,52-,55-,56-,57-,58-,59-,60-,61-,62-,63-,64-,65-/m0/s1. The number of aromatic hydroxyl groups is 1. The molecule has 36 heteroatoms. The average molecular weight is 1630 g/mol. The first-order valence-corrected chi connectivity index (χ1v) is 41.4. The molecule has 19 N–H and O–H groups in total. The Morgan fingerprint density at radius 1 is 0.600 bits per heavy atom. The summed E-state index contributed by atoms with van der Waals surface area (Å²) in [7, 11) is 2.11. The average Bonchev–Trinajstić information content (AvgIpc) is 1.76. The molecule has 0 aliphatic carbocycles. The number of amides is 13. The molecular formula is C79H106N18O16S2. The number of unbranched alkanes of at least 4 members (excludes halogenated alkanes) is 1. The molecule has 115 heavy (non-hydrogen) atoms. The Balaban J connectivity index is 0.898. The fourth-order valence-electron chi connectivity index (χ4n) is 14.3. The number of phenolic OH excluding ortho intramolecular Hbond substituents is 1. The number of benzene rings is 3. The molecule has 34 nitrogen and oxygen atoms in total. The van der Waals surface area contributed by atoms with Crippen molar-refractivity contribution < 1.29 is 77.3 Å². The number of carboxylic acid groups (broad SMARTS) is 1. The number of rotatable bonds is 36. The molecule has 0 radical (unpaired) electrons. The predicted molar refractivity (Wildman–Crippen MR) is 430 cm³/mol. The molecule has 3 aromatic heterocycles. The van der Waals surface area contributed by atoms with Crippen molar-refractivity contribution in [2.45, 2.75) is 216 Å². The lowest BCUT2D eigenvalue weighted by Crippen LogP contribution is -2.61. The normalized spacial score (nSPS) is 19.6. The number of H-pyrrole nitrogens is 3. The van der Waals surface area contributed by atoms with E-state index in [2.05, 4.69) is 73.1 Å². The maximum Gasteiger partial charge on any atom is 0.326 e. The number of carbonyl (C=O) groups excluding carboxylic acids is 13. The molecule has 0 unspecified atom stereocenters. The van der Waals surface area contributed by atoms with Gasteiger partial charge in [0.2, 0.25) is 76.8 Å². The van der Waals surface area contributed by atoms with Crippen LogP contribution in [0.15, 0.2) is 97.7 Å². The van der Waals surface area contributed by atoms with E-state index in [1.54, 1.807) is 46.2 Å². The van der Waals surface area contributed by atoms with Gasteiger partial charge >= 0.3 is 5.97 Å². The first-order chi connectivity index (χ1) is 54.9. The number of nitrogens with one attached hydrogen (secondary N) is 13. The Hall–Kier alpha value is -11.0. The third-order valence-electron chi connectivity index (χ3n) is 20.5. The minimum atomic E-state index is -1.59. The number of hydrogen-bond acceptors (Lipinski definition) is 19. The van der Waals surface area contributed by atoms with Gasteiger partial charge in [-0.25, -0.2) is 9.78 Å². The van der Waals surface area contributed by atoms with Crippen molar-refractivity contribution in [2.24, 2.45) is 23.3 Å². The maximum atomic E-state index is 15.1. The highest BCUT2D eigenvalue weighted by Gasteiger charge is 2.44. The van der Waals surface area contributed by atoms with E-state index in [1.165, 1.54) is 53.5 Å². The highest BCUT2D eigenvalue weighted by Crippen LogP contribution is 2.29. The van der Waals surface area contributed by atoms with Crippen molar-refractivity contribution in [3.8, 4) is 5.75 Å². The molecule has 13 atom stereocenters. The summed E-state index contributed by atoms with van der Waals surface area (Å²) in [5.74, 6) is -12.4. The van der Waals surface area contributed by atoms with Gasteiger partial charge < -0.3 is 99.6 Å². The number of aromatic nitrogens is 4. The lowest BCUT2D eigenvalue weighted by atomic mass is 9.99. The molecule has 6 aromatic rings. The number of nitrogens with two attached hydrogens (primary N) is 2. The van der Waals surface area contributed by atoms with Crippen LogP contribution in [0, 0.1) is 11.8 Å². The summed E-state index contributed by atoms with van der Waals surface area (Å²) < 4.78 is 0. The summed E-state index contributed by atoms with van der Waals surface area (Å²) >= 11 is 0. The van der Waals surface area contributed by atoms with Crippen LogP contribution in [0.4, 0.5) is 0 Å². The molecular weight excluding hydrogens is 1520 g/mol. The lowest BCUT2D eigenvalue weighted by Gasteiger charge is -2.32. The smallest absolute Gasteiger partial charge is 0.326 e. The number of para-hydroxylation sites is 2. The Bertz CT molecular complexity index is 4440. The van der Waals surface area contributed by atoms with E-state index >= 15 is 4.79 Å². The van der Waals surface area contributed by atoms with Crippen molar-refractivity contribution in [1.82, 2.24) is 82.9 Å². The molecule has 3 aromatic carbocycles. The van der Waals surface area contributed by atoms with Gasteiger partial charge in [0.1, 0.15) is 78.3 Å². The summed E-state index contributed by atoms with van der Waals surface area (Å²) in [4.78, 5) is 216. The Morgan fingerprint density at radius 3 is 1.76 bits per heavy atom. The molecule has 0 spiro atoms. The van der Waals surface area contributed by atoms with E-state index in [0.717, 1.165) is 49.0 Å². The quantitative estimate of drug-likeness (QED) is 0.0248. The van der Waals surface area contributed by atoms with E-state index in [9.17, 15) is 72.5 Å². The third-order valence-corrected chi connectivity index (χ3v) is 22.9. The second-order valence-electron chi connectivity index (χ2n) is 30.4. The topological polar surface area (TPSA) is 519 Å². The van der Waals surface area contributed by atoms with Gasteiger partial charge in [-0.3, -0.25) is 62.3 Å². The van der Waals surface area contributed by atoms with Gasteiger partial charge in [0.25, 0.3) is 0 Å². The molecule has 620 valence electrons. The summed E-state index contributed by atoms with van der Waals surface area (Å²) in [6.45, 7) is 10.6. The number of aliphatic carboxylic acids is 1. The number of phenols is 1. The molecule has 3 aliphatic heterocycles. The molecule has 9 rings (SSSR count). The highest BCUT2D eigenvalue weighted by atomic mass is 33.1. The maximum absolute atomic E-state index is 15.1. The van der Waals surface area contributed by atoms with Gasteiger partial charge in [-0.1, -0.05) is 118 Å². The Kier molecular flexibility index (Phi) is 32.0.